The lowest BCUT2D eigenvalue weighted by Gasteiger charge is -2.15. The van der Waals surface area contributed by atoms with Gasteiger partial charge in [0.05, 0.1) is 17.4 Å². The number of para-hydroxylation sites is 1. The Bertz CT molecular complexity index is 1520. The fourth-order valence-electron chi connectivity index (χ4n) is 4.23. The van der Waals surface area contributed by atoms with E-state index in [0.29, 0.717) is 11.3 Å². The minimum atomic E-state index is -1.18. The minimum absolute atomic E-state index is 0.0583. The number of aryl methyl sites for hydroxylation is 2. The van der Waals surface area contributed by atoms with Crippen LogP contribution < -0.4 is 5.63 Å². The maximum absolute atomic E-state index is 12.7. The number of fused-ring (bicyclic) bond motifs is 2. The zero-order valence-corrected chi connectivity index (χ0v) is 16.9. The van der Waals surface area contributed by atoms with Crippen molar-refractivity contribution >= 4 is 27.7 Å². The largest absolute Gasteiger partial charge is 0.478 e. The molecule has 5 aromatic rings. The summed E-state index contributed by atoms with van der Waals surface area (Å²) >= 11 is 0. The number of carbonyl (C=O) groups is 1. The van der Waals surface area contributed by atoms with E-state index >= 15 is 0 Å². The van der Waals surface area contributed by atoms with Gasteiger partial charge in [0.25, 0.3) is 0 Å². The van der Waals surface area contributed by atoms with Crippen molar-refractivity contribution in [1.29, 1.82) is 0 Å². The Balaban J connectivity index is 1.88. The highest BCUT2D eigenvalue weighted by Gasteiger charge is 2.22. The van der Waals surface area contributed by atoms with Crippen molar-refractivity contribution in [1.82, 2.24) is 0 Å². The van der Waals surface area contributed by atoms with E-state index < -0.39 is 11.6 Å². The summed E-state index contributed by atoms with van der Waals surface area (Å²) in [6, 6.07) is 18.9. The summed E-state index contributed by atoms with van der Waals surface area (Å²) in [6.45, 7) is 3.82. The minimum Gasteiger partial charge on any atom is -0.478 e. The molecule has 0 saturated heterocycles. The van der Waals surface area contributed by atoms with Crippen LogP contribution in [0, 0.1) is 13.8 Å². The number of benzene rings is 3. The molecule has 0 radical (unpaired) electrons. The molecule has 5 nitrogen and oxygen atoms in total. The second-order valence-corrected chi connectivity index (χ2v) is 7.54. The third-order valence-corrected chi connectivity index (χ3v) is 5.71. The summed E-state index contributed by atoms with van der Waals surface area (Å²) < 4.78 is 11.1. The lowest BCUT2D eigenvalue weighted by atomic mass is 9.88. The van der Waals surface area contributed by atoms with Gasteiger partial charge in [-0.05, 0) is 53.9 Å². The molecule has 152 valence electrons. The predicted octanol–water partition coefficient (Wildman–Crippen LogP) is 6.19. The van der Waals surface area contributed by atoms with Crippen molar-refractivity contribution in [2.45, 2.75) is 13.8 Å². The monoisotopic (exact) mass is 410 g/mol. The molecule has 0 saturated carbocycles. The quantitative estimate of drug-likeness (QED) is 0.384. The van der Waals surface area contributed by atoms with Crippen LogP contribution in [-0.4, -0.2) is 11.1 Å². The van der Waals surface area contributed by atoms with Gasteiger partial charge in [-0.15, -0.1) is 0 Å². The van der Waals surface area contributed by atoms with Gasteiger partial charge in [-0.2, -0.15) is 0 Å². The van der Waals surface area contributed by atoms with Crippen LogP contribution in [0.3, 0.4) is 0 Å². The molecule has 2 heterocycles. The number of furan rings is 1. The molecule has 0 atom stereocenters. The number of aromatic carboxylic acids is 1. The third-order valence-electron chi connectivity index (χ3n) is 5.71. The molecule has 0 bridgehead atoms. The van der Waals surface area contributed by atoms with Crippen molar-refractivity contribution in [2.24, 2.45) is 0 Å². The molecule has 1 N–H and O–H groups in total. The summed E-state index contributed by atoms with van der Waals surface area (Å²) in [6.07, 6.45) is 1.11. The van der Waals surface area contributed by atoms with E-state index in [1.54, 1.807) is 0 Å². The first kappa shape index (κ1) is 18.9. The second kappa shape index (κ2) is 6.99. The molecular weight excluding hydrogens is 392 g/mol. The maximum atomic E-state index is 12.7. The molecule has 3 aromatic carbocycles. The Hall–Kier alpha value is -4.12. The molecule has 2 aromatic heterocycles. The zero-order chi connectivity index (χ0) is 21.7. The zero-order valence-electron chi connectivity index (χ0n) is 16.9. The molecule has 5 heteroatoms. The van der Waals surface area contributed by atoms with Gasteiger partial charge in [0, 0.05) is 16.5 Å². The van der Waals surface area contributed by atoms with Crippen LogP contribution >= 0.6 is 0 Å². The van der Waals surface area contributed by atoms with Crippen LogP contribution in [0.15, 0.2) is 80.6 Å². The first-order valence-corrected chi connectivity index (χ1v) is 9.83. The summed E-state index contributed by atoms with van der Waals surface area (Å²) in [5, 5.41) is 12.4. The molecule has 0 unspecified atom stereocenters. The van der Waals surface area contributed by atoms with E-state index in [-0.39, 0.29) is 11.1 Å². The van der Waals surface area contributed by atoms with Crippen molar-refractivity contribution in [3.63, 3.8) is 0 Å². The normalized spacial score (nSPS) is 11.3. The average molecular weight is 410 g/mol. The van der Waals surface area contributed by atoms with E-state index in [4.69, 9.17) is 8.83 Å². The van der Waals surface area contributed by atoms with Crippen molar-refractivity contribution in [3.8, 4) is 22.5 Å². The first-order chi connectivity index (χ1) is 15.0. The van der Waals surface area contributed by atoms with Crippen LogP contribution in [0.1, 0.15) is 21.5 Å². The predicted molar refractivity (Wildman–Crippen MR) is 120 cm³/mol. The van der Waals surface area contributed by atoms with Gasteiger partial charge in [0.2, 0.25) is 0 Å². The maximum Gasteiger partial charge on any atom is 0.344 e. The van der Waals surface area contributed by atoms with Gasteiger partial charge in [0.1, 0.15) is 11.3 Å². The van der Waals surface area contributed by atoms with Gasteiger partial charge < -0.3 is 13.9 Å². The van der Waals surface area contributed by atoms with Gasteiger partial charge in [-0.1, -0.05) is 42.5 Å². The number of hydrogen-bond acceptors (Lipinski definition) is 4. The first-order valence-electron chi connectivity index (χ1n) is 9.83. The molecule has 0 aliphatic carbocycles. The molecule has 0 amide bonds. The van der Waals surface area contributed by atoms with E-state index in [0.717, 1.165) is 44.7 Å². The van der Waals surface area contributed by atoms with Crippen molar-refractivity contribution < 1.29 is 18.7 Å². The second-order valence-electron chi connectivity index (χ2n) is 7.54. The molecule has 0 aliphatic heterocycles. The molecule has 5 rings (SSSR count). The van der Waals surface area contributed by atoms with Gasteiger partial charge in [-0.3, -0.25) is 0 Å². The third kappa shape index (κ3) is 2.94. The van der Waals surface area contributed by atoms with E-state index in [1.807, 2.05) is 68.4 Å². The van der Waals surface area contributed by atoms with E-state index in [9.17, 15) is 14.7 Å². The van der Waals surface area contributed by atoms with Crippen molar-refractivity contribution in [3.05, 3.63) is 94.0 Å². The topological polar surface area (TPSA) is 80.7 Å². The standard InChI is InChI=1S/C26H18O5/c1-14-7-8-16-9-10-18(21-13-17-5-3-4-6-20(17)31-21)15(2)23(16)22(14)24-19(25(27)28)11-12-30-26(24)29/h3-13H,1-2H3,(H,27,28). The summed E-state index contributed by atoms with van der Waals surface area (Å²) in [7, 11) is 0. The smallest absolute Gasteiger partial charge is 0.344 e. The van der Waals surface area contributed by atoms with Crippen LogP contribution in [0.4, 0.5) is 0 Å². The number of carboxylic acid groups (broad SMARTS) is 1. The number of carboxylic acids is 1. The fraction of sp³-hybridized carbons (Fsp3) is 0.0769. The number of rotatable bonds is 3. The molecule has 0 fully saturated rings. The lowest BCUT2D eigenvalue weighted by molar-refractivity contribution is 0.0696. The average Bonchev–Trinajstić information content (AvgIpc) is 3.18. The van der Waals surface area contributed by atoms with E-state index in [2.05, 4.69) is 0 Å². The Morgan fingerprint density at radius 2 is 1.68 bits per heavy atom. The van der Waals surface area contributed by atoms with Crippen LogP contribution in [0.5, 0.6) is 0 Å². The highest BCUT2D eigenvalue weighted by atomic mass is 16.4. The van der Waals surface area contributed by atoms with Gasteiger partial charge in [-0.25, -0.2) is 9.59 Å². The highest BCUT2D eigenvalue weighted by molar-refractivity contribution is 6.07. The summed E-state index contributed by atoms with van der Waals surface area (Å²) in [5.74, 6) is -0.461. The molecule has 0 aliphatic rings. The Labute approximate surface area is 177 Å². The van der Waals surface area contributed by atoms with Crippen molar-refractivity contribution in [2.75, 3.05) is 0 Å². The SMILES string of the molecule is Cc1ccc2ccc(-c3cc4ccccc4o3)c(C)c2c1-c1c(C(=O)O)ccoc1=O. The van der Waals surface area contributed by atoms with Crippen LogP contribution in [0.2, 0.25) is 0 Å². The Morgan fingerprint density at radius 3 is 2.45 bits per heavy atom. The lowest BCUT2D eigenvalue weighted by Crippen LogP contribution is -2.11. The van der Waals surface area contributed by atoms with Crippen LogP contribution in [-0.2, 0) is 0 Å². The number of hydrogen-bond donors (Lipinski definition) is 1. The van der Waals surface area contributed by atoms with Crippen LogP contribution in [0.25, 0.3) is 44.2 Å². The Kier molecular flexibility index (Phi) is 4.26. The molecular formula is C26H18O5. The van der Waals surface area contributed by atoms with Gasteiger partial charge in [0.15, 0.2) is 0 Å². The molecule has 31 heavy (non-hydrogen) atoms. The molecule has 0 spiro atoms. The summed E-state index contributed by atoms with van der Waals surface area (Å²) in [5.41, 5.74) is 3.23. The van der Waals surface area contributed by atoms with Gasteiger partial charge >= 0.3 is 11.6 Å². The Morgan fingerprint density at radius 1 is 0.903 bits per heavy atom. The van der Waals surface area contributed by atoms with E-state index in [1.165, 1.54) is 6.07 Å². The fourth-order valence-corrected chi connectivity index (χ4v) is 4.23. The highest BCUT2D eigenvalue weighted by Crippen LogP contribution is 2.39. The summed E-state index contributed by atoms with van der Waals surface area (Å²) in [4.78, 5) is 24.5.